The van der Waals surface area contributed by atoms with E-state index in [9.17, 15) is 0 Å². The summed E-state index contributed by atoms with van der Waals surface area (Å²) in [5.41, 5.74) is 6.21. The van der Waals surface area contributed by atoms with Crippen molar-refractivity contribution in [1.29, 1.82) is 0 Å². The molecule has 0 aliphatic heterocycles. The predicted octanol–water partition coefficient (Wildman–Crippen LogP) is 1.84. The Labute approximate surface area is 91.8 Å². The van der Waals surface area contributed by atoms with E-state index in [0.29, 0.717) is 19.0 Å². The van der Waals surface area contributed by atoms with E-state index in [1.807, 2.05) is 17.5 Å². The van der Waals surface area contributed by atoms with Crippen molar-refractivity contribution in [3.8, 4) is 0 Å². The Kier molecular flexibility index (Phi) is 3.26. The van der Waals surface area contributed by atoms with Gasteiger partial charge in [0.1, 0.15) is 5.82 Å². The Balaban J connectivity index is 1.81. The van der Waals surface area contributed by atoms with Crippen LogP contribution in [0.1, 0.15) is 10.6 Å². The number of hydrogen-bond donors (Lipinski definition) is 1. The molecule has 5 heteroatoms. The number of anilines is 1. The van der Waals surface area contributed by atoms with Gasteiger partial charge in [-0.3, -0.25) is 4.98 Å². The second kappa shape index (κ2) is 4.86. The summed E-state index contributed by atoms with van der Waals surface area (Å²) >= 11 is 1.68. The molecule has 0 aromatic carbocycles. The third-order valence-corrected chi connectivity index (χ3v) is 2.65. The first-order valence-corrected chi connectivity index (χ1v) is 5.39. The predicted molar refractivity (Wildman–Crippen MR) is 59.3 cm³/mol. The van der Waals surface area contributed by atoms with Gasteiger partial charge >= 0.3 is 0 Å². The summed E-state index contributed by atoms with van der Waals surface area (Å²) in [6.45, 7) is 1.08. The molecule has 78 valence electrons. The summed E-state index contributed by atoms with van der Waals surface area (Å²) in [5, 5.41) is 2.03. The van der Waals surface area contributed by atoms with Gasteiger partial charge in [0.15, 0.2) is 0 Å². The van der Waals surface area contributed by atoms with Crippen LogP contribution in [0, 0.1) is 0 Å². The van der Waals surface area contributed by atoms with Crippen LogP contribution in [0.3, 0.4) is 0 Å². The summed E-state index contributed by atoms with van der Waals surface area (Å²) in [4.78, 5) is 9.23. The van der Waals surface area contributed by atoms with Crippen molar-refractivity contribution < 1.29 is 4.74 Å². The normalized spacial score (nSPS) is 10.4. The monoisotopic (exact) mass is 221 g/mol. The van der Waals surface area contributed by atoms with Crippen molar-refractivity contribution >= 4 is 17.2 Å². The molecular weight excluding hydrogens is 210 g/mol. The highest BCUT2D eigenvalue weighted by Crippen LogP contribution is 2.10. The average Bonchev–Trinajstić information content (AvgIpc) is 2.74. The minimum atomic E-state index is 0.428. The molecule has 15 heavy (non-hydrogen) atoms. The van der Waals surface area contributed by atoms with E-state index in [0.717, 1.165) is 5.69 Å². The van der Waals surface area contributed by atoms with Gasteiger partial charge in [0.05, 0.1) is 31.3 Å². The highest BCUT2D eigenvalue weighted by Gasteiger charge is 1.97. The van der Waals surface area contributed by atoms with Gasteiger partial charge in [-0.1, -0.05) is 6.07 Å². The Morgan fingerprint density at radius 3 is 2.87 bits per heavy atom. The van der Waals surface area contributed by atoms with Gasteiger partial charge in [-0.25, -0.2) is 4.98 Å². The van der Waals surface area contributed by atoms with E-state index >= 15 is 0 Å². The number of aromatic nitrogens is 2. The van der Waals surface area contributed by atoms with Crippen LogP contribution in [0.25, 0.3) is 0 Å². The number of hydrogen-bond acceptors (Lipinski definition) is 5. The Hall–Kier alpha value is -1.46. The highest BCUT2D eigenvalue weighted by molar-refractivity contribution is 7.09. The Bertz CT molecular complexity index is 399. The van der Waals surface area contributed by atoms with Crippen LogP contribution in [0.5, 0.6) is 0 Å². The lowest BCUT2D eigenvalue weighted by Crippen LogP contribution is -1.98. The molecule has 0 atom stereocenters. The molecule has 0 aliphatic carbocycles. The number of nitrogens with two attached hydrogens (primary N) is 1. The lowest BCUT2D eigenvalue weighted by atomic mass is 10.4. The SMILES string of the molecule is Nc1cnc(COCc2cccs2)cn1. The molecular formula is C10H11N3OS. The minimum Gasteiger partial charge on any atom is -0.382 e. The second-order valence-electron chi connectivity index (χ2n) is 3.00. The first-order valence-electron chi connectivity index (χ1n) is 4.51. The zero-order valence-corrected chi connectivity index (χ0v) is 8.91. The molecule has 2 heterocycles. The number of nitrogen functional groups attached to an aromatic ring is 1. The van der Waals surface area contributed by atoms with Crippen LogP contribution in [-0.2, 0) is 18.0 Å². The van der Waals surface area contributed by atoms with Crippen LogP contribution in [0.15, 0.2) is 29.9 Å². The maximum atomic E-state index is 5.47. The molecule has 2 N–H and O–H groups in total. The van der Waals surface area contributed by atoms with E-state index in [-0.39, 0.29) is 0 Å². The summed E-state index contributed by atoms with van der Waals surface area (Å²) in [6, 6.07) is 4.05. The largest absolute Gasteiger partial charge is 0.382 e. The number of thiophene rings is 1. The van der Waals surface area contributed by atoms with E-state index in [4.69, 9.17) is 10.5 Å². The highest BCUT2D eigenvalue weighted by atomic mass is 32.1. The fourth-order valence-electron chi connectivity index (χ4n) is 1.09. The summed E-state index contributed by atoms with van der Waals surface area (Å²) in [6.07, 6.45) is 3.16. The summed E-state index contributed by atoms with van der Waals surface area (Å²) < 4.78 is 5.47. The summed E-state index contributed by atoms with van der Waals surface area (Å²) in [5.74, 6) is 0.428. The maximum absolute atomic E-state index is 5.47. The zero-order chi connectivity index (χ0) is 10.5. The molecule has 0 amide bonds. The van der Waals surface area contributed by atoms with Gasteiger partial charge in [-0.15, -0.1) is 11.3 Å². The van der Waals surface area contributed by atoms with Crippen molar-refractivity contribution in [1.82, 2.24) is 9.97 Å². The van der Waals surface area contributed by atoms with Gasteiger partial charge in [0, 0.05) is 4.88 Å². The van der Waals surface area contributed by atoms with E-state index in [2.05, 4.69) is 9.97 Å². The van der Waals surface area contributed by atoms with E-state index in [1.54, 1.807) is 17.5 Å². The third kappa shape index (κ3) is 3.00. The topological polar surface area (TPSA) is 61.0 Å². The van der Waals surface area contributed by atoms with Gasteiger partial charge in [-0.2, -0.15) is 0 Å². The lowest BCUT2D eigenvalue weighted by molar-refractivity contribution is 0.106. The minimum absolute atomic E-state index is 0.428. The first-order chi connectivity index (χ1) is 7.34. The first kappa shape index (κ1) is 10.1. The molecule has 2 rings (SSSR count). The van der Waals surface area contributed by atoms with E-state index in [1.165, 1.54) is 11.1 Å². The van der Waals surface area contributed by atoms with Crippen LogP contribution in [0.2, 0.25) is 0 Å². The van der Waals surface area contributed by atoms with Gasteiger partial charge in [0.25, 0.3) is 0 Å². The van der Waals surface area contributed by atoms with Crippen molar-refractivity contribution in [3.63, 3.8) is 0 Å². The molecule has 4 nitrogen and oxygen atoms in total. The zero-order valence-electron chi connectivity index (χ0n) is 8.09. The van der Waals surface area contributed by atoms with Crippen LogP contribution in [0.4, 0.5) is 5.82 Å². The average molecular weight is 221 g/mol. The van der Waals surface area contributed by atoms with Crippen molar-refractivity contribution in [2.45, 2.75) is 13.2 Å². The fourth-order valence-corrected chi connectivity index (χ4v) is 1.73. The maximum Gasteiger partial charge on any atom is 0.141 e. The molecule has 0 radical (unpaired) electrons. The molecule has 0 fully saturated rings. The molecule has 0 saturated heterocycles. The third-order valence-electron chi connectivity index (χ3n) is 1.80. The van der Waals surface area contributed by atoms with Gasteiger partial charge in [-0.05, 0) is 11.4 Å². The quantitative estimate of drug-likeness (QED) is 0.855. The molecule has 0 aliphatic rings. The van der Waals surface area contributed by atoms with Gasteiger partial charge < -0.3 is 10.5 Å². The Morgan fingerprint density at radius 2 is 2.20 bits per heavy atom. The molecule has 0 spiro atoms. The second-order valence-corrected chi connectivity index (χ2v) is 4.04. The van der Waals surface area contributed by atoms with Crippen LogP contribution >= 0.6 is 11.3 Å². The molecule has 0 bridgehead atoms. The summed E-state index contributed by atoms with van der Waals surface area (Å²) in [7, 11) is 0. The van der Waals surface area contributed by atoms with Crippen LogP contribution < -0.4 is 5.73 Å². The fraction of sp³-hybridized carbons (Fsp3) is 0.200. The van der Waals surface area contributed by atoms with E-state index < -0.39 is 0 Å². The molecule has 2 aromatic rings. The smallest absolute Gasteiger partial charge is 0.141 e. The van der Waals surface area contributed by atoms with Crippen molar-refractivity contribution in [2.75, 3.05) is 5.73 Å². The molecule has 0 saturated carbocycles. The number of nitrogens with zero attached hydrogens (tertiary/aromatic N) is 2. The lowest BCUT2D eigenvalue weighted by Gasteiger charge is -2.01. The van der Waals surface area contributed by atoms with Crippen molar-refractivity contribution in [3.05, 3.63) is 40.5 Å². The standard InChI is InChI=1S/C10H11N3OS/c11-10-5-12-8(4-13-10)6-14-7-9-2-1-3-15-9/h1-5H,6-7H2,(H2,11,13). The number of ether oxygens (including phenoxy) is 1. The van der Waals surface area contributed by atoms with Crippen molar-refractivity contribution in [2.24, 2.45) is 0 Å². The molecule has 2 aromatic heterocycles. The number of rotatable bonds is 4. The van der Waals surface area contributed by atoms with Gasteiger partial charge in [0.2, 0.25) is 0 Å². The van der Waals surface area contributed by atoms with Crippen LogP contribution in [-0.4, -0.2) is 9.97 Å². The molecule has 0 unspecified atom stereocenters. The Morgan fingerprint density at radius 1 is 1.27 bits per heavy atom.